The summed E-state index contributed by atoms with van der Waals surface area (Å²) in [6.45, 7) is 0. The van der Waals surface area contributed by atoms with E-state index < -0.39 is 10.4 Å². The molecule has 0 aliphatic carbocycles. The Morgan fingerprint density at radius 1 is 1.33 bits per heavy atom. The van der Waals surface area contributed by atoms with Crippen LogP contribution < -0.4 is 5.73 Å². The average molecular weight is 195 g/mol. The van der Waals surface area contributed by atoms with Crippen molar-refractivity contribution in [2.75, 3.05) is 0 Å². The molecule has 0 aromatic rings. The van der Waals surface area contributed by atoms with Crippen molar-refractivity contribution in [1.82, 2.24) is 0 Å². The third-order valence-electron chi connectivity index (χ3n) is 0.726. The molecule has 0 aromatic carbocycles. The first-order valence-corrected chi connectivity index (χ1v) is 4.23. The standard InChI is InChI=1S/C5H7NO.H2O4S/c6-5-3-1-2-4-7-5;1-5(2,3)4/h1-5H,6H2;(H2,1,2,3,4). The highest BCUT2D eigenvalue weighted by Crippen LogP contribution is 1.93. The second kappa shape index (κ2) is 4.88. The molecule has 1 rings (SSSR count). The summed E-state index contributed by atoms with van der Waals surface area (Å²) in [7, 11) is -4.67. The number of nitrogens with two attached hydrogens (primary N) is 1. The van der Waals surface area contributed by atoms with E-state index >= 15 is 0 Å². The monoisotopic (exact) mass is 195 g/mol. The Balaban J connectivity index is 0.000000217. The van der Waals surface area contributed by atoms with Gasteiger partial charge in [0.25, 0.3) is 0 Å². The van der Waals surface area contributed by atoms with Crippen molar-refractivity contribution >= 4 is 10.4 Å². The largest absolute Gasteiger partial charge is 0.480 e. The van der Waals surface area contributed by atoms with Crippen LogP contribution in [0.3, 0.4) is 0 Å². The van der Waals surface area contributed by atoms with E-state index in [1.165, 1.54) is 0 Å². The predicted octanol–water partition coefficient (Wildman–Crippen LogP) is -0.281. The summed E-state index contributed by atoms with van der Waals surface area (Å²) in [6, 6.07) is 0. The van der Waals surface area contributed by atoms with Crippen LogP contribution in [0.1, 0.15) is 0 Å². The Kier molecular flexibility index (Phi) is 4.52. The first-order valence-electron chi connectivity index (χ1n) is 2.84. The van der Waals surface area contributed by atoms with Gasteiger partial charge in [0.15, 0.2) is 6.23 Å². The van der Waals surface area contributed by atoms with Crippen molar-refractivity contribution < 1.29 is 22.3 Å². The molecule has 0 saturated carbocycles. The van der Waals surface area contributed by atoms with E-state index in [1.54, 1.807) is 18.4 Å². The highest BCUT2D eigenvalue weighted by atomic mass is 32.3. The van der Waals surface area contributed by atoms with Gasteiger partial charge in [-0.05, 0) is 12.2 Å². The summed E-state index contributed by atoms with van der Waals surface area (Å²) in [5.41, 5.74) is 5.27. The molecule has 0 aromatic heterocycles. The van der Waals surface area contributed by atoms with Crippen LogP contribution in [-0.2, 0) is 15.1 Å². The predicted molar refractivity (Wildman–Crippen MR) is 41.5 cm³/mol. The Labute approximate surface area is 69.9 Å². The van der Waals surface area contributed by atoms with E-state index in [-0.39, 0.29) is 6.23 Å². The van der Waals surface area contributed by atoms with Gasteiger partial charge in [-0.2, -0.15) is 8.42 Å². The van der Waals surface area contributed by atoms with Crippen LogP contribution in [0.2, 0.25) is 0 Å². The van der Waals surface area contributed by atoms with E-state index in [9.17, 15) is 0 Å². The van der Waals surface area contributed by atoms with Crippen molar-refractivity contribution in [3.05, 3.63) is 24.5 Å². The Hall–Kier alpha value is -0.890. The molecule has 4 N–H and O–H groups in total. The van der Waals surface area contributed by atoms with Crippen LogP contribution >= 0.6 is 0 Å². The van der Waals surface area contributed by atoms with Crippen LogP contribution in [0, 0.1) is 0 Å². The minimum absolute atomic E-state index is 0.231. The average Bonchev–Trinajstić information content (AvgIpc) is 1.85. The zero-order chi connectivity index (χ0) is 9.61. The summed E-state index contributed by atoms with van der Waals surface area (Å²) in [6.07, 6.45) is 6.77. The molecule has 6 nitrogen and oxygen atoms in total. The van der Waals surface area contributed by atoms with Gasteiger partial charge in [0, 0.05) is 0 Å². The molecule has 0 radical (unpaired) electrons. The van der Waals surface area contributed by atoms with E-state index in [2.05, 4.69) is 0 Å². The summed E-state index contributed by atoms with van der Waals surface area (Å²) in [5, 5.41) is 0. The van der Waals surface area contributed by atoms with Crippen molar-refractivity contribution in [3.8, 4) is 0 Å². The molecular weight excluding hydrogens is 186 g/mol. The fraction of sp³-hybridized carbons (Fsp3) is 0.200. The van der Waals surface area contributed by atoms with Gasteiger partial charge < -0.3 is 4.74 Å². The third kappa shape index (κ3) is 11.9. The van der Waals surface area contributed by atoms with E-state index in [0.29, 0.717) is 0 Å². The third-order valence-corrected chi connectivity index (χ3v) is 0.726. The molecular formula is C5H9NO5S. The number of hydrogen-bond donors (Lipinski definition) is 3. The molecule has 70 valence electrons. The zero-order valence-electron chi connectivity index (χ0n) is 5.99. The van der Waals surface area contributed by atoms with Crippen molar-refractivity contribution in [1.29, 1.82) is 0 Å². The maximum atomic E-state index is 8.74. The first-order chi connectivity index (χ1) is 5.39. The van der Waals surface area contributed by atoms with Gasteiger partial charge in [-0.15, -0.1) is 0 Å². The molecule has 1 unspecified atom stereocenters. The molecule has 0 saturated heterocycles. The molecule has 1 heterocycles. The number of rotatable bonds is 0. The highest BCUT2D eigenvalue weighted by molar-refractivity contribution is 7.79. The second-order valence-electron chi connectivity index (χ2n) is 1.76. The second-order valence-corrected chi connectivity index (χ2v) is 2.66. The zero-order valence-corrected chi connectivity index (χ0v) is 6.81. The molecule has 0 spiro atoms. The van der Waals surface area contributed by atoms with Gasteiger partial charge in [0.05, 0.1) is 6.26 Å². The molecule has 1 aliphatic heterocycles. The fourth-order valence-electron chi connectivity index (χ4n) is 0.400. The molecule has 7 heteroatoms. The van der Waals surface area contributed by atoms with Crippen molar-refractivity contribution in [3.63, 3.8) is 0 Å². The minimum atomic E-state index is -4.67. The van der Waals surface area contributed by atoms with Crippen LogP contribution in [0.5, 0.6) is 0 Å². The summed E-state index contributed by atoms with van der Waals surface area (Å²) < 4.78 is 36.4. The minimum Gasteiger partial charge on any atom is -0.480 e. The molecule has 1 aliphatic rings. The Morgan fingerprint density at radius 3 is 2.00 bits per heavy atom. The van der Waals surface area contributed by atoms with Crippen LogP contribution in [0.25, 0.3) is 0 Å². The lowest BCUT2D eigenvalue weighted by Crippen LogP contribution is -2.19. The van der Waals surface area contributed by atoms with Gasteiger partial charge in [-0.1, -0.05) is 6.08 Å². The van der Waals surface area contributed by atoms with Gasteiger partial charge >= 0.3 is 10.4 Å². The lowest BCUT2D eigenvalue weighted by Gasteiger charge is -2.06. The van der Waals surface area contributed by atoms with Crippen LogP contribution in [-0.4, -0.2) is 23.8 Å². The summed E-state index contributed by atoms with van der Waals surface area (Å²) in [4.78, 5) is 0. The normalized spacial score (nSPS) is 20.8. The Bertz CT molecular complexity index is 260. The highest BCUT2D eigenvalue weighted by Gasteiger charge is 1.92. The fourth-order valence-corrected chi connectivity index (χ4v) is 0.400. The van der Waals surface area contributed by atoms with Gasteiger partial charge in [0.2, 0.25) is 0 Å². The molecule has 0 amide bonds. The first kappa shape index (κ1) is 11.1. The quantitative estimate of drug-likeness (QED) is 0.458. The topological polar surface area (TPSA) is 110 Å². The van der Waals surface area contributed by atoms with Crippen LogP contribution in [0.15, 0.2) is 24.5 Å². The van der Waals surface area contributed by atoms with Crippen molar-refractivity contribution in [2.45, 2.75) is 6.23 Å². The maximum absolute atomic E-state index is 8.74. The van der Waals surface area contributed by atoms with Gasteiger partial charge in [-0.3, -0.25) is 14.8 Å². The van der Waals surface area contributed by atoms with E-state index in [4.69, 9.17) is 28.0 Å². The molecule has 12 heavy (non-hydrogen) atoms. The van der Waals surface area contributed by atoms with Gasteiger partial charge in [0.1, 0.15) is 0 Å². The molecule has 0 fully saturated rings. The van der Waals surface area contributed by atoms with E-state index in [0.717, 1.165) is 0 Å². The maximum Gasteiger partial charge on any atom is 0.394 e. The van der Waals surface area contributed by atoms with Crippen LogP contribution in [0.4, 0.5) is 0 Å². The number of hydrogen-bond acceptors (Lipinski definition) is 4. The smallest absolute Gasteiger partial charge is 0.394 e. The number of allylic oxidation sites excluding steroid dienone is 2. The lowest BCUT2D eigenvalue weighted by atomic mass is 10.4. The lowest BCUT2D eigenvalue weighted by molar-refractivity contribution is 0.190. The Morgan fingerprint density at radius 2 is 1.83 bits per heavy atom. The van der Waals surface area contributed by atoms with E-state index in [1.807, 2.05) is 6.08 Å². The molecule has 1 atom stereocenters. The number of ether oxygens (including phenoxy) is 1. The van der Waals surface area contributed by atoms with Gasteiger partial charge in [-0.25, -0.2) is 0 Å². The van der Waals surface area contributed by atoms with Crippen molar-refractivity contribution in [2.24, 2.45) is 5.73 Å². The summed E-state index contributed by atoms with van der Waals surface area (Å²) in [5.74, 6) is 0. The SMILES string of the molecule is NC1C=CC=CO1.O=S(=O)(O)O. The summed E-state index contributed by atoms with van der Waals surface area (Å²) >= 11 is 0. The molecule has 0 bridgehead atoms.